The molecule has 2 aromatic rings. The molecule has 1 aliphatic heterocycles. The van der Waals surface area contributed by atoms with Crippen molar-refractivity contribution in [2.24, 2.45) is 0 Å². The van der Waals surface area contributed by atoms with Crippen LogP contribution < -0.4 is 0 Å². The Morgan fingerprint density at radius 2 is 2.00 bits per heavy atom. The van der Waals surface area contributed by atoms with Gasteiger partial charge in [-0.25, -0.2) is 0 Å². The predicted octanol–water partition coefficient (Wildman–Crippen LogP) is 1.35. The van der Waals surface area contributed by atoms with Gasteiger partial charge in [-0.15, -0.1) is 0 Å². The number of carboxylic acid groups (broad SMARTS) is 1. The number of hydrogen-bond acceptors (Lipinski definition) is 4. The fourth-order valence-corrected chi connectivity index (χ4v) is 3.66. The average Bonchev–Trinajstić information content (AvgIpc) is 2.87. The number of carbonyl (C=O) groups excluding carboxylic acids is 2. The number of hydrogen-bond donors (Lipinski definition) is 1. The first-order valence-corrected chi connectivity index (χ1v) is 9.13. The summed E-state index contributed by atoms with van der Waals surface area (Å²) in [6, 6.07) is 7.59. The zero-order valence-electron chi connectivity index (χ0n) is 15.4. The maximum Gasteiger partial charge on any atom is 0.323 e. The molecule has 0 aliphatic carbocycles. The minimum Gasteiger partial charge on any atom is -0.480 e. The SMILES string of the molecule is CC(=O)N(CC(=O)O)C1CCCN(C(=O)Cn2ncc3ccccc32)CC1. The van der Waals surface area contributed by atoms with Gasteiger partial charge >= 0.3 is 5.97 Å². The third-order valence-corrected chi connectivity index (χ3v) is 5.04. The number of amides is 2. The third-order valence-electron chi connectivity index (χ3n) is 5.04. The molecule has 0 saturated carbocycles. The van der Waals surface area contributed by atoms with Gasteiger partial charge in [0.1, 0.15) is 13.1 Å². The molecule has 1 aliphatic rings. The molecule has 0 spiro atoms. The van der Waals surface area contributed by atoms with E-state index in [1.165, 1.54) is 11.8 Å². The number of carbonyl (C=O) groups is 3. The second-order valence-electron chi connectivity index (χ2n) is 6.87. The quantitative estimate of drug-likeness (QED) is 0.855. The molecule has 3 rings (SSSR count). The molecule has 2 amide bonds. The summed E-state index contributed by atoms with van der Waals surface area (Å²) in [5.41, 5.74) is 0.919. The summed E-state index contributed by atoms with van der Waals surface area (Å²) >= 11 is 0. The lowest BCUT2D eigenvalue weighted by Crippen LogP contribution is -2.43. The highest BCUT2D eigenvalue weighted by atomic mass is 16.4. The minimum absolute atomic E-state index is 0.0166. The van der Waals surface area contributed by atoms with E-state index in [1.54, 1.807) is 15.8 Å². The van der Waals surface area contributed by atoms with Crippen LogP contribution in [0.1, 0.15) is 26.2 Å². The Bertz CT molecular complexity index is 847. The highest BCUT2D eigenvalue weighted by Gasteiger charge is 2.27. The largest absolute Gasteiger partial charge is 0.480 e. The first-order valence-electron chi connectivity index (χ1n) is 9.13. The van der Waals surface area contributed by atoms with Crippen LogP contribution in [0.15, 0.2) is 30.5 Å². The van der Waals surface area contributed by atoms with Crippen LogP contribution >= 0.6 is 0 Å². The maximum absolute atomic E-state index is 12.7. The Labute approximate surface area is 157 Å². The van der Waals surface area contributed by atoms with Gasteiger partial charge in [-0.05, 0) is 25.3 Å². The summed E-state index contributed by atoms with van der Waals surface area (Å²) in [6.45, 7) is 2.37. The van der Waals surface area contributed by atoms with Gasteiger partial charge in [0.2, 0.25) is 11.8 Å². The zero-order chi connectivity index (χ0) is 19.4. The Kier molecular flexibility index (Phi) is 5.73. The van der Waals surface area contributed by atoms with Crippen molar-refractivity contribution in [1.82, 2.24) is 19.6 Å². The number of carboxylic acids is 1. The molecule has 0 radical (unpaired) electrons. The van der Waals surface area contributed by atoms with Crippen molar-refractivity contribution >= 4 is 28.7 Å². The average molecular weight is 372 g/mol. The van der Waals surface area contributed by atoms with Crippen molar-refractivity contribution < 1.29 is 19.5 Å². The van der Waals surface area contributed by atoms with Crippen molar-refractivity contribution in [2.45, 2.75) is 38.8 Å². The van der Waals surface area contributed by atoms with E-state index < -0.39 is 5.97 Å². The topological polar surface area (TPSA) is 95.7 Å². The molecule has 1 aromatic heterocycles. The summed E-state index contributed by atoms with van der Waals surface area (Å²) in [7, 11) is 0. The summed E-state index contributed by atoms with van der Waals surface area (Å²) in [6.07, 6.45) is 3.76. The second-order valence-corrected chi connectivity index (χ2v) is 6.87. The number of likely N-dealkylation sites (tertiary alicyclic amines) is 1. The van der Waals surface area contributed by atoms with Gasteiger partial charge in [-0.2, -0.15) is 5.10 Å². The number of para-hydroxylation sites is 1. The van der Waals surface area contributed by atoms with Crippen LogP contribution in [0.3, 0.4) is 0 Å². The van der Waals surface area contributed by atoms with Crippen LogP contribution in [0.5, 0.6) is 0 Å². The van der Waals surface area contributed by atoms with Gasteiger partial charge in [0.25, 0.3) is 0 Å². The summed E-state index contributed by atoms with van der Waals surface area (Å²) in [5, 5.41) is 14.3. The van der Waals surface area contributed by atoms with Crippen LogP contribution in [-0.4, -0.2) is 68.1 Å². The number of nitrogens with zero attached hydrogens (tertiary/aromatic N) is 4. The first-order chi connectivity index (χ1) is 13.0. The third kappa shape index (κ3) is 4.45. The Morgan fingerprint density at radius 1 is 1.22 bits per heavy atom. The lowest BCUT2D eigenvalue weighted by Gasteiger charge is -2.28. The summed E-state index contributed by atoms with van der Waals surface area (Å²) in [4.78, 5) is 38.8. The van der Waals surface area contributed by atoms with Crippen LogP contribution in [0.4, 0.5) is 0 Å². The highest BCUT2D eigenvalue weighted by Crippen LogP contribution is 2.18. The molecule has 8 heteroatoms. The molecule has 8 nitrogen and oxygen atoms in total. The number of rotatable bonds is 5. The molecule has 144 valence electrons. The van der Waals surface area contributed by atoms with Gasteiger partial charge in [-0.3, -0.25) is 19.1 Å². The molecule has 1 aromatic carbocycles. The van der Waals surface area contributed by atoms with E-state index in [4.69, 9.17) is 5.11 Å². The lowest BCUT2D eigenvalue weighted by molar-refractivity contribution is -0.145. The Hall–Kier alpha value is -2.90. The Balaban J connectivity index is 1.64. The monoisotopic (exact) mass is 372 g/mol. The van der Waals surface area contributed by atoms with Crippen LogP contribution in [0.25, 0.3) is 10.9 Å². The molecule has 1 atom stereocenters. The minimum atomic E-state index is -1.02. The van der Waals surface area contributed by atoms with Crippen molar-refractivity contribution in [3.63, 3.8) is 0 Å². The second kappa shape index (κ2) is 8.20. The van der Waals surface area contributed by atoms with Gasteiger partial charge in [-0.1, -0.05) is 18.2 Å². The smallest absolute Gasteiger partial charge is 0.323 e. The van der Waals surface area contributed by atoms with Gasteiger partial charge in [0, 0.05) is 31.4 Å². The van der Waals surface area contributed by atoms with Gasteiger partial charge in [0.15, 0.2) is 0 Å². The van der Waals surface area contributed by atoms with Crippen LogP contribution in [-0.2, 0) is 20.9 Å². The number of benzene rings is 1. The van der Waals surface area contributed by atoms with Crippen molar-refractivity contribution in [2.75, 3.05) is 19.6 Å². The van der Waals surface area contributed by atoms with Crippen molar-refractivity contribution in [1.29, 1.82) is 0 Å². The molecule has 2 heterocycles. The summed E-state index contributed by atoms with van der Waals surface area (Å²) < 4.78 is 1.70. The van der Waals surface area contributed by atoms with E-state index in [1.807, 2.05) is 24.3 Å². The Morgan fingerprint density at radius 3 is 2.74 bits per heavy atom. The number of aromatic nitrogens is 2. The normalized spacial score (nSPS) is 17.5. The van der Waals surface area contributed by atoms with Crippen LogP contribution in [0.2, 0.25) is 0 Å². The van der Waals surface area contributed by atoms with E-state index in [0.717, 1.165) is 17.3 Å². The molecule has 0 bridgehead atoms. The molecule has 27 heavy (non-hydrogen) atoms. The van der Waals surface area contributed by atoms with E-state index >= 15 is 0 Å². The molecular formula is C19H24N4O4. The molecule has 1 unspecified atom stereocenters. The van der Waals surface area contributed by atoms with Gasteiger partial charge in [0.05, 0.1) is 11.7 Å². The van der Waals surface area contributed by atoms with Crippen LogP contribution in [0, 0.1) is 0 Å². The number of aliphatic carboxylic acids is 1. The predicted molar refractivity (Wildman–Crippen MR) is 99.0 cm³/mol. The van der Waals surface area contributed by atoms with E-state index in [0.29, 0.717) is 25.9 Å². The molecule has 1 N–H and O–H groups in total. The van der Waals surface area contributed by atoms with E-state index in [2.05, 4.69) is 5.10 Å². The van der Waals surface area contributed by atoms with E-state index in [9.17, 15) is 14.4 Å². The number of fused-ring (bicyclic) bond motifs is 1. The zero-order valence-corrected chi connectivity index (χ0v) is 15.4. The molecule has 1 fully saturated rings. The lowest BCUT2D eigenvalue weighted by atomic mass is 10.1. The standard InChI is InChI=1S/C19H24N4O4/c1-14(24)22(13-19(26)27)16-6-4-9-21(10-8-16)18(25)12-23-17-7-3-2-5-15(17)11-20-23/h2-3,5,7,11,16H,4,6,8-10,12-13H2,1H3,(H,26,27). The van der Waals surface area contributed by atoms with Crippen molar-refractivity contribution in [3.05, 3.63) is 30.5 Å². The molecule has 1 saturated heterocycles. The van der Waals surface area contributed by atoms with E-state index in [-0.39, 0.29) is 30.9 Å². The van der Waals surface area contributed by atoms with Gasteiger partial charge < -0.3 is 14.9 Å². The summed E-state index contributed by atoms with van der Waals surface area (Å²) in [5.74, 6) is -1.28. The fraction of sp³-hybridized carbons (Fsp3) is 0.474. The molecular weight excluding hydrogens is 348 g/mol. The highest BCUT2D eigenvalue weighted by molar-refractivity contribution is 5.82. The van der Waals surface area contributed by atoms with Crippen molar-refractivity contribution in [3.8, 4) is 0 Å². The fourth-order valence-electron chi connectivity index (χ4n) is 3.66. The first kappa shape index (κ1) is 18.9. The maximum atomic E-state index is 12.7.